The zero-order chi connectivity index (χ0) is 14.0. The van der Waals surface area contributed by atoms with Crippen LogP contribution in [-0.2, 0) is 0 Å². The number of nitrogens with zero attached hydrogens (tertiary/aromatic N) is 1. The molecule has 0 aromatic heterocycles. The molecule has 7 heteroatoms. The molecule has 2 aromatic carbocycles. The zero-order valence-electron chi connectivity index (χ0n) is 9.27. The quantitative estimate of drug-likeness (QED) is 0.593. The number of benzene rings is 2. The van der Waals surface area contributed by atoms with E-state index in [4.69, 9.17) is 0 Å². The molecule has 0 aliphatic heterocycles. The molecule has 0 bridgehead atoms. The highest BCUT2D eigenvalue weighted by atomic mass is 79.9. The maximum absolute atomic E-state index is 13.5. The Balaban J connectivity index is 2.43. The van der Waals surface area contributed by atoms with E-state index in [-0.39, 0.29) is 15.5 Å². The van der Waals surface area contributed by atoms with Gasteiger partial charge in [-0.2, -0.15) is 0 Å². The van der Waals surface area contributed by atoms with E-state index in [1.807, 2.05) is 0 Å². The molecule has 2 rings (SSSR count). The second-order valence-electron chi connectivity index (χ2n) is 3.55. The van der Waals surface area contributed by atoms with E-state index in [9.17, 15) is 18.9 Å². The van der Waals surface area contributed by atoms with Crippen molar-refractivity contribution in [1.29, 1.82) is 0 Å². The third-order valence-corrected chi connectivity index (χ3v) is 3.82. The van der Waals surface area contributed by atoms with Crippen molar-refractivity contribution >= 4 is 33.4 Å². The lowest BCUT2D eigenvalue weighted by atomic mass is 10.3. The van der Waals surface area contributed by atoms with Gasteiger partial charge >= 0.3 is 0 Å². The highest BCUT2D eigenvalue weighted by Gasteiger charge is 2.17. The van der Waals surface area contributed by atoms with Crippen LogP contribution in [0.3, 0.4) is 0 Å². The predicted octanol–water partition coefficient (Wildman–Crippen LogP) is 4.79. The van der Waals surface area contributed by atoms with Gasteiger partial charge in [-0.3, -0.25) is 10.1 Å². The van der Waals surface area contributed by atoms with Gasteiger partial charge in [0.2, 0.25) is 0 Å². The van der Waals surface area contributed by atoms with Gasteiger partial charge in [0, 0.05) is 10.5 Å². The fraction of sp³-hybridized carbons (Fsp3) is 0. The van der Waals surface area contributed by atoms with E-state index in [0.29, 0.717) is 4.47 Å². The number of halogens is 3. The molecule has 2 aromatic rings. The lowest BCUT2D eigenvalue weighted by Gasteiger charge is -2.05. The van der Waals surface area contributed by atoms with Crippen molar-refractivity contribution in [2.75, 3.05) is 0 Å². The summed E-state index contributed by atoms with van der Waals surface area (Å²) in [6, 6.07) is 7.40. The highest BCUT2D eigenvalue weighted by molar-refractivity contribution is 9.10. The molecular weight excluding hydrogens is 340 g/mol. The van der Waals surface area contributed by atoms with Crippen LogP contribution >= 0.6 is 27.7 Å². The molecule has 0 aliphatic rings. The Morgan fingerprint density at radius 2 is 1.84 bits per heavy atom. The fourth-order valence-electron chi connectivity index (χ4n) is 1.39. The summed E-state index contributed by atoms with van der Waals surface area (Å²) in [6.45, 7) is 0. The second-order valence-corrected chi connectivity index (χ2v) is 5.55. The van der Waals surface area contributed by atoms with Crippen molar-refractivity contribution in [3.8, 4) is 0 Å². The lowest BCUT2D eigenvalue weighted by Crippen LogP contribution is -1.91. The first-order valence-electron chi connectivity index (χ1n) is 5.04. The summed E-state index contributed by atoms with van der Waals surface area (Å²) >= 11 is 3.94. The summed E-state index contributed by atoms with van der Waals surface area (Å²) < 4.78 is 27.1. The number of nitro groups is 1. The first-order valence-corrected chi connectivity index (χ1v) is 6.65. The molecule has 0 heterocycles. The Hall–Kier alpha value is -1.47. The maximum atomic E-state index is 13.5. The molecule has 19 heavy (non-hydrogen) atoms. The van der Waals surface area contributed by atoms with Gasteiger partial charge in [-0.25, -0.2) is 8.78 Å². The van der Waals surface area contributed by atoms with Gasteiger partial charge in [0.25, 0.3) is 5.69 Å². The molecule has 0 atom stereocenters. The van der Waals surface area contributed by atoms with E-state index in [0.717, 1.165) is 30.0 Å². The molecule has 0 aliphatic carbocycles. The largest absolute Gasteiger partial charge is 0.284 e. The molecule has 0 N–H and O–H groups in total. The van der Waals surface area contributed by atoms with Crippen molar-refractivity contribution < 1.29 is 13.7 Å². The van der Waals surface area contributed by atoms with Gasteiger partial charge in [0.15, 0.2) is 0 Å². The number of rotatable bonds is 3. The van der Waals surface area contributed by atoms with E-state index >= 15 is 0 Å². The smallest absolute Gasteiger partial charge is 0.258 e. The van der Waals surface area contributed by atoms with Gasteiger partial charge in [-0.1, -0.05) is 27.7 Å². The normalized spacial score (nSPS) is 10.5. The average Bonchev–Trinajstić information content (AvgIpc) is 2.35. The van der Waals surface area contributed by atoms with Crippen LogP contribution in [-0.4, -0.2) is 4.92 Å². The summed E-state index contributed by atoms with van der Waals surface area (Å²) in [6.07, 6.45) is 0. The zero-order valence-corrected chi connectivity index (χ0v) is 11.7. The standard InChI is InChI=1S/C12H6BrF2NO2S/c13-7-1-4-11(10(5-7)16(17)18)19-12-6-8(14)2-3-9(12)15/h1-6H. The summed E-state index contributed by atoms with van der Waals surface area (Å²) in [7, 11) is 0. The van der Waals surface area contributed by atoms with Crippen LogP contribution in [0.5, 0.6) is 0 Å². The molecule has 98 valence electrons. The van der Waals surface area contributed by atoms with Crippen molar-refractivity contribution in [2.24, 2.45) is 0 Å². The Bertz CT molecular complexity index is 652. The van der Waals surface area contributed by atoms with Crippen molar-refractivity contribution in [1.82, 2.24) is 0 Å². The van der Waals surface area contributed by atoms with Crippen LogP contribution in [0.25, 0.3) is 0 Å². The molecule has 3 nitrogen and oxygen atoms in total. The third-order valence-electron chi connectivity index (χ3n) is 2.23. The predicted molar refractivity (Wildman–Crippen MR) is 71.3 cm³/mol. The van der Waals surface area contributed by atoms with Crippen LogP contribution in [0.1, 0.15) is 0 Å². The van der Waals surface area contributed by atoms with Crippen molar-refractivity contribution in [2.45, 2.75) is 9.79 Å². The van der Waals surface area contributed by atoms with Gasteiger partial charge in [0.1, 0.15) is 11.6 Å². The van der Waals surface area contributed by atoms with Crippen LogP contribution in [0.2, 0.25) is 0 Å². The molecule has 0 radical (unpaired) electrons. The van der Waals surface area contributed by atoms with Gasteiger partial charge < -0.3 is 0 Å². The molecule has 0 unspecified atom stereocenters. The first-order chi connectivity index (χ1) is 8.97. The Morgan fingerprint density at radius 3 is 2.53 bits per heavy atom. The minimum Gasteiger partial charge on any atom is -0.258 e. The SMILES string of the molecule is O=[N+]([O-])c1cc(Br)ccc1Sc1cc(F)ccc1F. The van der Waals surface area contributed by atoms with Crippen molar-refractivity contribution in [3.05, 3.63) is 62.6 Å². The van der Waals surface area contributed by atoms with Crippen LogP contribution in [0, 0.1) is 21.7 Å². The van der Waals surface area contributed by atoms with Crippen LogP contribution in [0.4, 0.5) is 14.5 Å². The van der Waals surface area contributed by atoms with Crippen molar-refractivity contribution in [3.63, 3.8) is 0 Å². The van der Waals surface area contributed by atoms with Crippen LogP contribution < -0.4 is 0 Å². The average molecular weight is 346 g/mol. The minimum atomic E-state index is -0.622. The molecule has 0 saturated carbocycles. The lowest BCUT2D eigenvalue weighted by molar-refractivity contribution is -0.387. The highest BCUT2D eigenvalue weighted by Crippen LogP contribution is 2.37. The number of hydrogen-bond donors (Lipinski definition) is 0. The summed E-state index contributed by atoms with van der Waals surface area (Å²) in [4.78, 5) is 10.6. The number of nitro benzene ring substituents is 1. The third kappa shape index (κ3) is 3.30. The van der Waals surface area contributed by atoms with E-state index in [1.54, 1.807) is 6.07 Å². The molecule has 0 fully saturated rings. The Labute approximate surface area is 119 Å². The van der Waals surface area contributed by atoms with Gasteiger partial charge in [-0.15, -0.1) is 0 Å². The van der Waals surface area contributed by atoms with E-state index in [1.165, 1.54) is 12.1 Å². The topological polar surface area (TPSA) is 43.1 Å². The van der Waals surface area contributed by atoms with E-state index < -0.39 is 16.6 Å². The molecule has 0 spiro atoms. The summed E-state index contributed by atoms with van der Waals surface area (Å²) in [5, 5.41) is 10.9. The summed E-state index contributed by atoms with van der Waals surface area (Å²) in [5.41, 5.74) is -0.164. The van der Waals surface area contributed by atoms with Crippen LogP contribution in [0.15, 0.2) is 50.7 Å². The molecule has 0 saturated heterocycles. The maximum Gasteiger partial charge on any atom is 0.284 e. The van der Waals surface area contributed by atoms with Gasteiger partial charge in [0.05, 0.1) is 14.7 Å². The monoisotopic (exact) mass is 345 g/mol. The Kier molecular flexibility index (Phi) is 4.16. The summed E-state index contributed by atoms with van der Waals surface area (Å²) in [5.74, 6) is -1.22. The van der Waals surface area contributed by atoms with Gasteiger partial charge in [-0.05, 0) is 30.3 Å². The molecule has 0 amide bonds. The Morgan fingerprint density at radius 1 is 1.11 bits per heavy atom. The minimum absolute atomic E-state index is 0.00502. The molecular formula is C12H6BrF2NO2S. The first kappa shape index (κ1) is 14.0. The number of hydrogen-bond acceptors (Lipinski definition) is 3. The fourth-order valence-corrected chi connectivity index (χ4v) is 2.69. The van der Waals surface area contributed by atoms with E-state index in [2.05, 4.69) is 15.9 Å². The second kappa shape index (κ2) is 5.66.